The van der Waals surface area contributed by atoms with Crippen molar-refractivity contribution in [2.45, 2.75) is 38.1 Å². The largest absolute Gasteiger partial charge is 0.379 e. The molecular formula is C16H24FNO. The third kappa shape index (κ3) is 4.29. The Hall–Kier alpha value is -0.930. The van der Waals surface area contributed by atoms with Crippen LogP contribution in [0.25, 0.3) is 0 Å². The zero-order chi connectivity index (χ0) is 13.5. The minimum atomic E-state index is -0.164. The van der Waals surface area contributed by atoms with Gasteiger partial charge in [-0.3, -0.25) is 0 Å². The topological polar surface area (TPSA) is 21.3 Å². The zero-order valence-corrected chi connectivity index (χ0v) is 11.7. The number of likely N-dealkylation sites (N-methyl/N-ethyl adjacent to an activating group) is 1. The molecule has 106 valence electrons. The predicted molar refractivity (Wildman–Crippen MR) is 75.6 cm³/mol. The molecule has 3 heteroatoms. The fourth-order valence-corrected chi connectivity index (χ4v) is 2.79. The van der Waals surface area contributed by atoms with Gasteiger partial charge in [-0.2, -0.15) is 0 Å². The summed E-state index contributed by atoms with van der Waals surface area (Å²) in [6.07, 6.45) is 6.59. The Bertz CT molecular complexity index is 377. The molecular weight excluding hydrogens is 241 g/mol. The number of ether oxygens (including phenoxy) is 1. The monoisotopic (exact) mass is 265 g/mol. The van der Waals surface area contributed by atoms with Gasteiger partial charge in [-0.15, -0.1) is 0 Å². The van der Waals surface area contributed by atoms with Crippen LogP contribution in [0.15, 0.2) is 24.3 Å². The summed E-state index contributed by atoms with van der Waals surface area (Å²) in [5, 5.41) is 3.13. The van der Waals surface area contributed by atoms with E-state index in [0.29, 0.717) is 18.1 Å². The van der Waals surface area contributed by atoms with Crippen molar-refractivity contribution < 1.29 is 9.13 Å². The van der Waals surface area contributed by atoms with Gasteiger partial charge in [0.25, 0.3) is 0 Å². The van der Waals surface area contributed by atoms with Gasteiger partial charge in [-0.25, -0.2) is 4.39 Å². The Balaban J connectivity index is 1.81. The van der Waals surface area contributed by atoms with Crippen molar-refractivity contribution >= 4 is 0 Å². The molecule has 1 aliphatic carbocycles. The van der Waals surface area contributed by atoms with E-state index in [1.165, 1.54) is 38.2 Å². The normalized spacial score (nSPS) is 18.4. The molecule has 1 atom stereocenters. The van der Waals surface area contributed by atoms with Crippen LogP contribution in [0.4, 0.5) is 4.39 Å². The van der Waals surface area contributed by atoms with Gasteiger partial charge in [0.05, 0.1) is 12.6 Å². The average molecular weight is 265 g/mol. The summed E-state index contributed by atoms with van der Waals surface area (Å²) in [6.45, 7) is 1.35. The lowest BCUT2D eigenvalue weighted by atomic mass is 9.90. The number of benzene rings is 1. The van der Waals surface area contributed by atoms with Gasteiger partial charge < -0.3 is 10.1 Å². The van der Waals surface area contributed by atoms with Crippen LogP contribution >= 0.6 is 0 Å². The first-order valence-corrected chi connectivity index (χ1v) is 7.30. The quantitative estimate of drug-likeness (QED) is 0.847. The second-order valence-corrected chi connectivity index (χ2v) is 5.40. The summed E-state index contributed by atoms with van der Waals surface area (Å²) >= 11 is 0. The highest BCUT2D eigenvalue weighted by Gasteiger charge is 2.16. The Kier molecular flexibility index (Phi) is 5.80. The molecule has 2 rings (SSSR count). The molecule has 0 saturated heterocycles. The van der Waals surface area contributed by atoms with Crippen LogP contribution < -0.4 is 5.32 Å². The first-order valence-electron chi connectivity index (χ1n) is 7.30. The third-order valence-electron chi connectivity index (χ3n) is 3.99. The van der Waals surface area contributed by atoms with Gasteiger partial charge in [-0.05, 0) is 31.9 Å². The van der Waals surface area contributed by atoms with E-state index in [9.17, 15) is 4.39 Å². The van der Waals surface area contributed by atoms with Crippen molar-refractivity contribution in [3.63, 3.8) is 0 Å². The summed E-state index contributed by atoms with van der Waals surface area (Å²) in [5.74, 6) is 0.537. The Morgan fingerprint density at radius 3 is 2.68 bits per heavy atom. The van der Waals surface area contributed by atoms with Crippen LogP contribution in [0, 0.1) is 11.7 Å². The van der Waals surface area contributed by atoms with Crippen molar-refractivity contribution in [1.29, 1.82) is 0 Å². The third-order valence-corrected chi connectivity index (χ3v) is 3.99. The molecule has 0 amide bonds. The SMILES string of the molecule is CNC(COCC1CCCCC1)c1ccccc1F. The number of hydrogen-bond donors (Lipinski definition) is 1. The van der Waals surface area contributed by atoms with Gasteiger partial charge in [0.15, 0.2) is 0 Å². The maximum atomic E-state index is 13.7. The van der Waals surface area contributed by atoms with Crippen LogP contribution in [0.3, 0.4) is 0 Å². The smallest absolute Gasteiger partial charge is 0.128 e. The maximum Gasteiger partial charge on any atom is 0.128 e. The standard InChI is InChI=1S/C16H24FNO/c1-18-16(14-9-5-6-10-15(14)17)12-19-11-13-7-3-2-4-8-13/h5-6,9-10,13,16,18H,2-4,7-8,11-12H2,1H3. The Morgan fingerprint density at radius 1 is 1.26 bits per heavy atom. The lowest BCUT2D eigenvalue weighted by molar-refractivity contribution is 0.0701. The molecule has 1 unspecified atom stereocenters. The van der Waals surface area contributed by atoms with Crippen LogP contribution in [-0.2, 0) is 4.74 Å². The molecule has 0 spiro atoms. The summed E-state index contributed by atoms with van der Waals surface area (Å²) < 4.78 is 19.5. The number of nitrogens with one attached hydrogen (secondary N) is 1. The van der Waals surface area contributed by atoms with E-state index in [1.807, 2.05) is 19.2 Å². The van der Waals surface area contributed by atoms with Gasteiger partial charge >= 0.3 is 0 Å². The van der Waals surface area contributed by atoms with E-state index in [1.54, 1.807) is 6.07 Å². The predicted octanol–water partition coefficient (Wildman–Crippen LogP) is 3.68. The summed E-state index contributed by atoms with van der Waals surface area (Å²) in [5.41, 5.74) is 0.689. The minimum absolute atomic E-state index is 0.0650. The Morgan fingerprint density at radius 2 is 2.00 bits per heavy atom. The summed E-state index contributed by atoms with van der Waals surface area (Å²) in [7, 11) is 1.85. The molecule has 1 saturated carbocycles. The highest BCUT2D eigenvalue weighted by molar-refractivity contribution is 5.21. The first-order chi connectivity index (χ1) is 9.31. The van der Waals surface area contributed by atoms with E-state index in [4.69, 9.17) is 4.74 Å². The highest BCUT2D eigenvalue weighted by Crippen LogP contribution is 2.24. The zero-order valence-electron chi connectivity index (χ0n) is 11.7. The van der Waals surface area contributed by atoms with Gasteiger partial charge in [-0.1, -0.05) is 37.5 Å². The second-order valence-electron chi connectivity index (χ2n) is 5.40. The molecule has 19 heavy (non-hydrogen) atoms. The number of hydrogen-bond acceptors (Lipinski definition) is 2. The molecule has 1 fully saturated rings. The molecule has 1 aliphatic rings. The lowest BCUT2D eigenvalue weighted by Crippen LogP contribution is -2.24. The van der Waals surface area contributed by atoms with E-state index in [0.717, 1.165) is 6.61 Å². The molecule has 0 aliphatic heterocycles. The van der Waals surface area contributed by atoms with Crippen molar-refractivity contribution in [2.75, 3.05) is 20.3 Å². The summed E-state index contributed by atoms with van der Waals surface area (Å²) in [6, 6.07) is 6.84. The molecule has 1 aromatic rings. The van der Waals surface area contributed by atoms with Crippen LogP contribution in [0.2, 0.25) is 0 Å². The van der Waals surface area contributed by atoms with E-state index in [2.05, 4.69) is 5.32 Å². The molecule has 1 aromatic carbocycles. The van der Waals surface area contributed by atoms with Gasteiger partial charge in [0, 0.05) is 12.2 Å². The van der Waals surface area contributed by atoms with Crippen molar-refractivity contribution in [3.8, 4) is 0 Å². The summed E-state index contributed by atoms with van der Waals surface area (Å²) in [4.78, 5) is 0. The second kappa shape index (κ2) is 7.61. The molecule has 2 nitrogen and oxygen atoms in total. The van der Waals surface area contributed by atoms with Gasteiger partial charge in [0.1, 0.15) is 5.82 Å². The van der Waals surface area contributed by atoms with Crippen molar-refractivity contribution in [1.82, 2.24) is 5.32 Å². The number of rotatable bonds is 6. The van der Waals surface area contributed by atoms with E-state index in [-0.39, 0.29) is 11.9 Å². The average Bonchev–Trinajstić information content (AvgIpc) is 2.46. The van der Waals surface area contributed by atoms with Crippen LogP contribution in [-0.4, -0.2) is 20.3 Å². The minimum Gasteiger partial charge on any atom is -0.379 e. The van der Waals surface area contributed by atoms with Crippen molar-refractivity contribution in [2.24, 2.45) is 5.92 Å². The van der Waals surface area contributed by atoms with E-state index >= 15 is 0 Å². The van der Waals surface area contributed by atoms with Crippen LogP contribution in [0.1, 0.15) is 43.7 Å². The fourth-order valence-electron chi connectivity index (χ4n) is 2.79. The molecule has 0 aromatic heterocycles. The van der Waals surface area contributed by atoms with Gasteiger partial charge in [0.2, 0.25) is 0 Å². The molecule has 0 bridgehead atoms. The number of halogens is 1. The Labute approximate surface area is 115 Å². The lowest BCUT2D eigenvalue weighted by Gasteiger charge is -2.23. The molecule has 0 heterocycles. The highest BCUT2D eigenvalue weighted by atomic mass is 19.1. The van der Waals surface area contributed by atoms with Crippen LogP contribution in [0.5, 0.6) is 0 Å². The maximum absolute atomic E-state index is 13.7. The van der Waals surface area contributed by atoms with Crippen molar-refractivity contribution in [3.05, 3.63) is 35.6 Å². The molecule has 1 N–H and O–H groups in total. The first kappa shape index (κ1) is 14.5. The fraction of sp³-hybridized carbons (Fsp3) is 0.625. The molecule has 0 radical (unpaired) electrons. The van der Waals surface area contributed by atoms with E-state index < -0.39 is 0 Å².